The maximum atomic E-state index is 13.1. The van der Waals surface area contributed by atoms with Crippen molar-refractivity contribution < 1.29 is 9.18 Å². The quantitative estimate of drug-likeness (QED) is 0.730. The summed E-state index contributed by atoms with van der Waals surface area (Å²) in [6, 6.07) is 15.7. The first-order valence-electron chi connectivity index (χ1n) is 7.57. The molecule has 3 rings (SSSR count). The van der Waals surface area contributed by atoms with Crippen LogP contribution in [0.15, 0.2) is 60.8 Å². The topological polar surface area (TPSA) is 33.2 Å². The molecule has 0 unspecified atom stereocenters. The molecule has 3 aromatic rings. The van der Waals surface area contributed by atoms with Crippen LogP contribution in [0.3, 0.4) is 0 Å². The lowest BCUT2D eigenvalue weighted by atomic mass is 10.1. The number of hydrogen-bond acceptors (Lipinski definition) is 2. The minimum Gasteiger partial charge on any atom is -0.312 e. The second kappa shape index (κ2) is 6.57. The number of aromatic nitrogens is 1. The van der Waals surface area contributed by atoms with Crippen LogP contribution in [-0.4, -0.2) is 17.4 Å². The number of benzene rings is 2. The summed E-state index contributed by atoms with van der Waals surface area (Å²) in [7, 11) is 0. The Hall–Kier alpha value is -2.75. The van der Waals surface area contributed by atoms with Crippen LogP contribution in [0.1, 0.15) is 12.5 Å². The second-order valence-electron chi connectivity index (χ2n) is 5.28. The molecule has 1 aromatic heterocycles. The Morgan fingerprint density at radius 1 is 1.09 bits per heavy atom. The molecule has 0 aliphatic heterocycles. The van der Waals surface area contributed by atoms with Crippen LogP contribution >= 0.6 is 0 Å². The summed E-state index contributed by atoms with van der Waals surface area (Å²) < 4.78 is 13.1. The number of anilines is 1. The number of likely N-dealkylation sites (N-methyl/N-ethyl adjacent to an activating group) is 1. The van der Waals surface area contributed by atoms with Crippen molar-refractivity contribution >= 4 is 22.5 Å². The third-order valence-corrected chi connectivity index (χ3v) is 3.81. The molecule has 0 saturated carbocycles. The first-order valence-corrected chi connectivity index (χ1v) is 7.57. The number of nitrogens with zero attached hydrogens (tertiary/aromatic N) is 2. The lowest BCUT2D eigenvalue weighted by Crippen LogP contribution is -2.32. The van der Waals surface area contributed by atoms with E-state index >= 15 is 0 Å². The van der Waals surface area contributed by atoms with E-state index in [1.54, 1.807) is 23.2 Å². The van der Waals surface area contributed by atoms with E-state index < -0.39 is 0 Å². The van der Waals surface area contributed by atoms with Crippen molar-refractivity contribution in [1.82, 2.24) is 4.98 Å². The highest BCUT2D eigenvalue weighted by Crippen LogP contribution is 2.20. The predicted octanol–water partition coefficient (Wildman–Crippen LogP) is 3.97. The SMILES string of the molecule is CCN(C(=O)Cc1cccc2cccnc12)c1ccc(F)cc1. The summed E-state index contributed by atoms with van der Waals surface area (Å²) in [5, 5.41) is 1.02. The zero-order chi connectivity index (χ0) is 16.2. The van der Waals surface area contributed by atoms with Gasteiger partial charge in [0.25, 0.3) is 0 Å². The molecule has 0 spiro atoms. The predicted molar refractivity (Wildman–Crippen MR) is 89.9 cm³/mol. The van der Waals surface area contributed by atoms with Gasteiger partial charge in [-0.05, 0) is 42.8 Å². The van der Waals surface area contributed by atoms with E-state index in [9.17, 15) is 9.18 Å². The third-order valence-electron chi connectivity index (χ3n) is 3.81. The Balaban J connectivity index is 1.88. The molecule has 0 aliphatic carbocycles. The molecule has 0 N–H and O–H groups in total. The Kier molecular flexibility index (Phi) is 4.33. The van der Waals surface area contributed by atoms with Crippen molar-refractivity contribution in [1.29, 1.82) is 0 Å². The molecule has 0 radical (unpaired) electrons. The van der Waals surface area contributed by atoms with Crippen LogP contribution in [0, 0.1) is 5.82 Å². The highest BCUT2D eigenvalue weighted by molar-refractivity contribution is 5.97. The van der Waals surface area contributed by atoms with E-state index in [4.69, 9.17) is 0 Å². The first kappa shape index (κ1) is 15.2. The molecule has 4 heteroatoms. The molecular formula is C19H17FN2O. The zero-order valence-corrected chi connectivity index (χ0v) is 12.9. The lowest BCUT2D eigenvalue weighted by Gasteiger charge is -2.21. The summed E-state index contributed by atoms with van der Waals surface area (Å²) in [5.74, 6) is -0.340. The van der Waals surface area contributed by atoms with Crippen molar-refractivity contribution in [2.24, 2.45) is 0 Å². The Morgan fingerprint density at radius 2 is 1.83 bits per heavy atom. The van der Waals surface area contributed by atoms with Crippen molar-refractivity contribution in [2.45, 2.75) is 13.3 Å². The first-order chi connectivity index (χ1) is 11.2. The van der Waals surface area contributed by atoms with E-state index in [0.717, 1.165) is 16.5 Å². The Labute approximate surface area is 134 Å². The van der Waals surface area contributed by atoms with Gasteiger partial charge in [0.15, 0.2) is 0 Å². The van der Waals surface area contributed by atoms with Gasteiger partial charge in [0, 0.05) is 23.8 Å². The molecule has 0 aliphatic rings. The number of fused-ring (bicyclic) bond motifs is 1. The van der Waals surface area contributed by atoms with Crippen LogP contribution in [0.25, 0.3) is 10.9 Å². The average molecular weight is 308 g/mol. The smallest absolute Gasteiger partial charge is 0.231 e. The van der Waals surface area contributed by atoms with E-state index in [-0.39, 0.29) is 18.1 Å². The van der Waals surface area contributed by atoms with Crippen molar-refractivity contribution in [3.05, 3.63) is 72.2 Å². The minimum absolute atomic E-state index is 0.0303. The summed E-state index contributed by atoms with van der Waals surface area (Å²) in [4.78, 5) is 18.7. The van der Waals surface area contributed by atoms with Gasteiger partial charge in [0.2, 0.25) is 5.91 Å². The highest BCUT2D eigenvalue weighted by Gasteiger charge is 2.16. The number of hydrogen-bond donors (Lipinski definition) is 0. The van der Waals surface area contributed by atoms with Gasteiger partial charge in [0.1, 0.15) is 5.82 Å². The van der Waals surface area contributed by atoms with E-state index in [0.29, 0.717) is 12.2 Å². The molecule has 23 heavy (non-hydrogen) atoms. The van der Waals surface area contributed by atoms with E-state index in [1.165, 1.54) is 12.1 Å². The van der Waals surface area contributed by atoms with Gasteiger partial charge in [-0.2, -0.15) is 0 Å². The average Bonchev–Trinajstić information content (AvgIpc) is 2.57. The lowest BCUT2D eigenvalue weighted by molar-refractivity contribution is -0.117. The maximum Gasteiger partial charge on any atom is 0.231 e. The number of halogens is 1. The van der Waals surface area contributed by atoms with Crippen LogP contribution in [0.5, 0.6) is 0 Å². The largest absolute Gasteiger partial charge is 0.312 e. The normalized spacial score (nSPS) is 10.7. The van der Waals surface area contributed by atoms with Crippen LogP contribution in [0.2, 0.25) is 0 Å². The minimum atomic E-state index is -0.310. The van der Waals surface area contributed by atoms with Gasteiger partial charge in [0.05, 0.1) is 11.9 Å². The fourth-order valence-corrected chi connectivity index (χ4v) is 2.69. The van der Waals surface area contributed by atoms with Gasteiger partial charge < -0.3 is 4.90 Å². The Bertz CT molecular complexity index is 825. The zero-order valence-electron chi connectivity index (χ0n) is 12.9. The fourth-order valence-electron chi connectivity index (χ4n) is 2.69. The Morgan fingerprint density at radius 3 is 2.57 bits per heavy atom. The third kappa shape index (κ3) is 3.21. The number of rotatable bonds is 4. The van der Waals surface area contributed by atoms with Gasteiger partial charge in [-0.25, -0.2) is 4.39 Å². The van der Waals surface area contributed by atoms with E-state index in [2.05, 4.69) is 4.98 Å². The fraction of sp³-hybridized carbons (Fsp3) is 0.158. The van der Waals surface area contributed by atoms with E-state index in [1.807, 2.05) is 37.3 Å². The number of pyridine rings is 1. The maximum absolute atomic E-state index is 13.1. The van der Waals surface area contributed by atoms with Crippen LogP contribution < -0.4 is 4.90 Å². The van der Waals surface area contributed by atoms with Crippen LogP contribution in [-0.2, 0) is 11.2 Å². The van der Waals surface area contributed by atoms with Gasteiger partial charge in [-0.15, -0.1) is 0 Å². The van der Waals surface area contributed by atoms with Gasteiger partial charge in [-0.3, -0.25) is 9.78 Å². The summed E-state index contributed by atoms with van der Waals surface area (Å²) in [6.07, 6.45) is 1.99. The standard InChI is InChI=1S/C19H17FN2O/c1-2-22(17-10-8-16(20)9-11-17)18(23)13-15-6-3-5-14-7-4-12-21-19(14)15/h3-12H,2,13H2,1H3. The molecule has 3 nitrogen and oxygen atoms in total. The molecule has 1 heterocycles. The van der Waals surface area contributed by atoms with Crippen molar-refractivity contribution in [3.63, 3.8) is 0 Å². The summed E-state index contributed by atoms with van der Waals surface area (Å²) in [6.45, 7) is 2.44. The van der Waals surface area contributed by atoms with Crippen molar-refractivity contribution in [3.8, 4) is 0 Å². The summed E-state index contributed by atoms with van der Waals surface area (Å²) >= 11 is 0. The van der Waals surface area contributed by atoms with Gasteiger partial charge in [-0.1, -0.05) is 24.3 Å². The van der Waals surface area contributed by atoms with Crippen molar-refractivity contribution in [2.75, 3.05) is 11.4 Å². The van der Waals surface area contributed by atoms with Crippen LogP contribution in [0.4, 0.5) is 10.1 Å². The molecule has 0 bridgehead atoms. The molecule has 0 atom stereocenters. The molecule has 2 aromatic carbocycles. The molecule has 116 valence electrons. The monoisotopic (exact) mass is 308 g/mol. The highest BCUT2D eigenvalue weighted by atomic mass is 19.1. The molecule has 0 saturated heterocycles. The molecule has 0 fully saturated rings. The molecule has 1 amide bonds. The van der Waals surface area contributed by atoms with Gasteiger partial charge >= 0.3 is 0 Å². The number of amides is 1. The summed E-state index contributed by atoms with van der Waals surface area (Å²) in [5.41, 5.74) is 2.44. The molecular weight excluding hydrogens is 291 g/mol. The number of carbonyl (C=O) groups is 1. The second-order valence-corrected chi connectivity index (χ2v) is 5.28. The number of para-hydroxylation sites is 1. The number of carbonyl (C=O) groups excluding carboxylic acids is 1.